The summed E-state index contributed by atoms with van der Waals surface area (Å²) in [5, 5.41) is 3.49. The van der Waals surface area contributed by atoms with E-state index in [0.29, 0.717) is 18.0 Å². The first kappa shape index (κ1) is 17.1. The van der Waals surface area contributed by atoms with E-state index in [2.05, 4.69) is 10.3 Å². The number of hydrogen-bond donors (Lipinski definition) is 1. The summed E-state index contributed by atoms with van der Waals surface area (Å²) in [5.41, 5.74) is 3.51. The van der Waals surface area contributed by atoms with E-state index in [9.17, 15) is 4.79 Å². The molecule has 4 rings (SSSR count). The number of nitrogens with one attached hydrogen (secondary N) is 1. The molecule has 1 aromatic heterocycles. The maximum Gasteiger partial charge on any atom is 0.261 e. The average Bonchev–Trinajstić information content (AvgIpc) is 2.96. The zero-order valence-electron chi connectivity index (χ0n) is 15.3. The molecule has 0 aliphatic carbocycles. The molecule has 0 saturated carbocycles. The number of carbonyl (C=O) groups excluding carboxylic acids is 1. The Morgan fingerprint density at radius 2 is 1.89 bits per heavy atom. The molecular formula is C22H21N3O2. The van der Waals surface area contributed by atoms with Crippen molar-refractivity contribution in [2.24, 2.45) is 0 Å². The lowest BCUT2D eigenvalue weighted by Crippen LogP contribution is -2.33. The molecule has 2 heterocycles. The molecule has 1 amide bonds. The zero-order valence-corrected chi connectivity index (χ0v) is 15.3. The molecule has 0 spiro atoms. The van der Waals surface area contributed by atoms with Gasteiger partial charge in [0.1, 0.15) is 17.7 Å². The van der Waals surface area contributed by atoms with E-state index < -0.39 is 0 Å². The maximum absolute atomic E-state index is 13.1. The Hall–Kier alpha value is -3.34. The number of para-hydroxylation sites is 2. The lowest BCUT2D eigenvalue weighted by molar-refractivity contribution is 0.0992. The van der Waals surface area contributed by atoms with E-state index in [4.69, 9.17) is 4.74 Å². The summed E-state index contributed by atoms with van der Waals surface area (Å²) in [6, 6.07) is 19.3. The van der Waals surface area contributed by atoms with Crippen LogP contribution in [0, 0.1) is 6.92 Å². The summed E-state index contributed by atoms with van der Waals surface area (Å²) in [6.45, 7) is 4.52. The van der Waals surface area contributed by atoms with Gasteiger partial charge in [0.15, 0.2) is 0 Å². The standard InChI is InChI=1S/C22H21N3O2/c1-3-27-19-11-7-6-10-18(19)24-21-16-8-4-5-9-17(16)22(26)25(21)20-14-15(2)12-13-23-20/h4-14,21,24H,3H2,1-2H3/t21-/m0/s1. The van der Waals surface area contributed by atoms with Gasteiger partial charge in [-0.25, -0.2) is 4.98 Å². The lowest BCUT2D eigenvalue weighted by atomic mass is 10.1. The van der Waals surface area contributed by atoms with Gasteiger partial charge in [0.05, 0.1) is 12.3 Å². The molecule has 1 N–H and O–H groups in total. The van der Waals surface area contributed by atoms with Gasteiger partial charge < -0.3 is 10.1 Å². The number of aryl methyl sites for hydroxylation is 1. The number of fused-ring (bicyclic) bond motifs is 1. The quantitative estimate of drug-likeness (QED) is 0.726. The third-order valence-corrected chi connectivity index (χ3v) is 4.59. The molecule has 0 saturated heterocycles. The topological polar surface area (TPSA) is 54.5 Å². The summed E-state index contributed by atoms with van der Waals surface area (Å²) in [4.78, 5) is 19.3. The van der Waals surface area contributed by atoms with Crippen molar-refractivity contribution >= 4 is 17.4 Å². The number of pyridine rings is 1. The Morgan fingerprint density at radius 1 is 1.11 bits per heavy atom. The molecule has 1 aliphatic rings. The largest absolute Gasteiger partial charge is 0.492 e. The summed E-state index contributed by atoms with van der Waals surface area (Å²) in [5.74, 6) is 1.33. The fourth-order valence-electron chi connectivity index (χ4n) is 3.36. The molecule has 5 nitrogen and oxygen atoms in total. The minimum Gasteiger partial charge on any atom is -0.492 e. The fraction of sp³-hybridized carbons (Fsp3) is 0.182. The van der Waals surface area contributed by atoms with E-state index in [1.165, 1.54) is 0 Å². The Kier molecular flexibility index (Phi) is 4.50. The van der Waals surface area contributed by atoms with Crippen LogP contribution >= 0.6 is 0 Å². The van der Waals surface area contributed by atoms with E-state index in [0.717, 1.165) is 22.6 Å². The fourth-order valence-corrected chi connectivity index (χ4v) is 3.36. The molecule has 2 aromatic carbocycles. The van der Waals surface area contributed by atoms with Crippen LogP contribution in [0.4, 0.5) is 11.5 Å². The molecule has 0 bridgehead atoms. The summed E-state index contributed by atoms with van der Waals surface area (Å²) in [7, 11) is 0. The Bertz CT molecular complexity index is 987. The van der Waals surface area contributed by atoms with Crippen LogP contribution in [0.25, 0.3) is 0 Å². The Morgan fingerprint density at radius 3 is 2.70 bits per heavy atom. The van der Waals surface area contributed by atoms with Crippen LogP contribution in [-0.2, 0) is 0 Å². The van der Waals surface area contributed by atoms with Gasteiger partial charge in [-0.15, -0.1) is 0 Å². The van der Waals surface area contributed by atoms with E-state index in [1.807, 2.05) is 74.5 Å². The number of aromatic nitrogens is 1. The van der Waals surface area contributed by atoms with Gasteiger partial charge in [-0.2, -0.15) is 0 Å². The summed E-state index contributed by atoms with van der Waals surface area (Å²) < 4.78 is 5.74. The number of ether oxygens (including phenoxy) is 1. The number of amides is 1. The number of hydrogen-bond acceptors (Lipinski definition) is 4. The minimum absolute atomic E-state index is 0.0601. The van der Waals surface area contributed by atoms with Crippen LogP contribution in [0.5, 0.6) is 5.75 Å². The second-order valence-electron chi connectivity index (χ2n) is 6.43. The van der Waals surface area contributed by atoms with Crippen molar-refractivity contribution in [2.75, 3.05) is 16.8 Å². The number of rotatable bonds is 5. The lowest BCUT2D eigenvalue weighted by Gasteiger charge is -2.27. The highest BCUT2D eigenvalue weighted by Crippen LogP contribution is 2.39. The molecule has 0 radical (unpaired) electrons. The maximum atomic E-state index is 13.1. The highest BCUT2D eigenvalue weighted by atomic mass is 16.5. The molecule has 0 fully saturated rings. The summed E-state index contributed by atoms with van der Waals surface area (Å²) >= 11 is 0. The van der Waals surface area contributed by atoms with Gasteiger partial charge in [0.25, 0.3) is 5.91 Å². The monoisotopic (exact) mass is 359 g/mol. The average molecular weight is 359 g/mol. The van der Waals surface area contributed by atoms with Crippen LogP contribution in [0.1, 0.15) is 34.6 Å². The highest BCUT2D eigenvalue weighted by molar-refractivity contribution is 6.11. The number of nitrogens with zero attached hydrogens (tertiary/aromatic N) is 2. The van der Waals surface area contributed by atoms with Gasteiger partial charge in [-0.05, 0) is 49.7 Å². The third kappa shape index (κ3) is 3.12. The SMILES string of the molecule is CCOc1ccccc1N[C@@H]1c2ccccc2C(=O)N1c1cc(C)ccn1. The van der Waals surface area contributed by atoms with Crippen LogP contribution in [0.15, 0.2) is 66.9 Å². The highest BCUT2D eigenvalue weighted by Gasteiger charge is 2.38. The van der Waals surface area contributed by atoms with Gasteiger partial charge in [-0.1, -0.05) is 30.3 Å². The first-order valence-corrected chi connectivity index (χ1v) is 9.02. The molecule has 5 heteroatoms. The van der Waals surface area contributed by atoms with Gasteiger partial charge in [-0.3, -0.25) is 9.69 Å². The molecule has 1 atom stereocenters. The van der Waals surface area contributed by atoms with Crippen molar-refractivity contribution in [3.05, 3.63) is 83.6 Å². The predicted octanol–water partition coefficient (Wildman–Crippen LogP) is 4.56. The van der Waals surface area contributed by atoms with Crippen molar-refractivity contribution in [2.45, 2.75) is 20.0 Å². The van der Waals surface area contributed by atoms with Crippen LogP contribution in [0.3, 0.4) is 0 Å². The van der Waals surface area contributed by atoms with Gasteiger partial charge in [0, 0.05) is 17.3 Å². The van der Waals surface area contributed by atoms with Crippen molar-refractivity contribution in [3.8, 4) is 5.75 Å². The normalized spacial score (nSPS) is 15.6. The molecule has 27 heavy (non-hydrogen) atoms. The Balaban J connectivity index is 1.79. The summed E-state index contributed by atoms with van der Waals surface area (Å²) in [6.07, 6.45) is 1.37. The third-order valence-electron chi connectivity index (χ3n) is 4.59. The van der Waals surface area contributed by atoms with Crippen molar-refractivity contribution in [1.82, 2.24) is 4.98 Å². The number of benzene rings is 2. The number of carbonyl (C=O) groups is 1. The van der Waals surface area contributed by atoms with E-state index >= 15 is 0 Å². The van der Waals surface area contributed by atoms with E-state index in [1.54, 1.807) is 11.1 Å². The first-order valence-electron chi connectivity index (χ1n) is 9.02. The number of anilines is 2. The van der Waals surface area contributed by atoms with Gasteiger partial charge in [0.2, 0.25) is 0 Å². The van der Waals surface area contributed by atoms with Crippen molar-refractivity contribution in [3.63, 3.8) is 0 Å². The van der Waals surface area contributed by atoms with E-state index in [-0.39, 0.29) is 12.1 Å². The molecule has 0 unspecified atom stereocenters. The zero-order chi connectivity index (χ0) is 18.8. The van der Waals surface area contributed by atoms with Crippen LogP contribution < -0.4 is 15.0 Å². The van der Waals surface area contributed by atoms with Gasteiger partial charge >= 0.3 is 0 Å². The molecule has 3 aromatic rings. The van der Waals surface area contributed by atoms with Crippen LogP contribution in [-0.4, -0.2) is 17.5 Å². The smallest absolute Gasteiger partial charge is 0.261 e. The Labute approximate surface area is 158 Å². The molecular weight excluding hydrogens is 338 g/mol. The minimum atomic E-state index is -0.357. The first-order chi connectivity index (χ1) is 13.2. The molecule has 1 aliphatic heterocycles. The van der Waals surface area contributed by atoms with Crippen molar-refractivity contribution < 1.29 is 9.53 Å². The second-order valence-corrected chi connectivity index (χ2v) is 6.43. The van der Waals surface area contributed by atoms with Crippen molar-refractivity contribution in [1.29, 1.82) is 0 Å². The second kappa shape index (κ2) is 7.11. The predicted molar refractivity (Wildman–Crippen MR) is 106 cm³/mol. The molecule has 136 valence electrons. The van der Waals surface area contributed by atoms with Crippen LogP contribution in [0.2, 0.25) is 0 Å².